The van der Waals surface area contributed by atoms with Crippen LogP contribution >= 0.6 is 0 Å². The summed E-state index contributed by atoms with van der Waals surface area (Å²) in [5.41, 5.74) is 5.56. The van der Waals surface area contributed by atoms with E-state index in [1.807, 2.05) is 0 Å². The van der Waals surface area contributed by atoms with Crippen molar-refractivity contribution in [2.45, 2.75) is 51.2 Å². The predicted molar refractivity (Wildman–Crippen MR) is 60.6 cm³/mol. The van der Waals surface area contributed by atoms with Crippen molar-refractivity contribution in [3.63, 3.8) is 0 Å². The average Bonchev–Trinajstić information content (AvgIpc) is 2.21. The van der Waals surface area contributed by atoms with Crippen molar-refractivity contribution in [2.24, 2.45) is 29.4 Å². The van der Waals surface area contributed by atoms with Crippen molar-refractivity contribution < 1.29 is 9.53 Å². The molecule has 4 bridgehead atoms. The summed E-state index contributed by atoms with van der Waals surface area (Å²) in [6.45, 7) is 1.71. The zero-order chi connectivity index (χ0) is 11.3. The van der Waals surface area contributed by atoms with E-state index in [-0.39, 0.29) is 12.1 Å². The quantitative estimate of drug-likeness (QED) is 0.725. The van der Waals surface area contributed by atoms with E-state index in [1.165, 1.54) is 32.1 Å². The van der Waals surface area contributed by atoms with Crippen LogP contribution in [0.1, 0.15) is 39.0 Å². The summed E-state index contributed by atoms with van der Waals surface area (Å²) in [6.07, 6.45) is 6.74. The Bertz CT molecular complexity index is 272. The molecule has 4 saturated carbocycles. The van der Waals surface area contributed by atoms with Crippen LogP contribution in [0.25, 0.3) is 0 Å². The molecular weight excluding hydrogens is 202 g/mol. The molecule has 0 aromatic heterocycles. The van der Waals surface area contributed by atoms with Crippen LogP contribution in [0, 0.1) is 23.7 Å². The number of carbonyl (C=O) groups is 1. The first-order chi connectivity index (χ1) is 7.63. The van der Waals surface area contributed by atoms with Gasteiger partial charge in [-0.15, -0.1) is 0 Å². The largest absolute Gasteiger partial charge is 0.461 e. The van der Waals surface area contributed by atoms with Gasteiger partial charge >= 0.3 is 5.97 Å². The van der Waals surface area contributed by atoms with Gasteiger partial charge in [-0.1, -0.05) is 0 Å². The highest BCUT2D eigenvalue weighted by Gasteiger charge is 2.49. The van der Waals surface area contributed by atoms with Crippen LogP contribution in [0.2, 0.25) is 0 Å². The van der Waals surface area contributed by atoms with E-state index in [1.54, 1.807) is 6.92 Å². The Morgan fingerprint density at radius 3 is 2.06 bits per heavy atom. The Hall–Kier alpha value is -0.570. The predicted octanol–water partition coefficient (Wildman–Crippen LogP) is 1.70. The summed E-state index contributed by atoms with van der Waals surface area (Å²) < 4.78 is 5.62. The van der Waals surface area contributed by atoms with Crippen molar-refractivity contribution in [3.05, 3.63) is 0 Å². The Balaban J connectivity index is 1.70. The van der Waals surface area contributed by atoms with Crippen LogP contribution in [0.4, 0.5) is 0 Å². The standard InChI is InChI=1S/C13H21NO2/c1-7(14)13(15)16-12-10-3-8-2-9(5-10)6-11(12)4-8/h7-12H,2-6,14H2,1H3. The molecule has 4 fully saturated rings. The van der Waals surface area contributed by atoms with Gasteiger partial charge in [-0.3, -0.25) is 4.79 Å². The summed E-state index contributed by atoms with van der Waals surface area (Å²) in [7, 11) is 0. The number of rotatable bonds is 2. The fourth-order valence-corrected chi connectivity index (χ4v) is 4.31. The number of hydrogen-bond acceptors (Lipinski definition) is 3. The summed E-state index contributed by atoms with van der Waals surface area (Å²) in [4.78, 5) is 11.6. The van der Waals surface area contributed by atoms with Gasteiger partial charge in [-0.05, 0) is 62.7 Å². The second kappa shape index (κ2) is 3.73. The third-order valence-electron chi connectivity index (χ3n) is 4.76. The Morgan fingerprint density at radius 1 is 1.12 bits per heavy atom. The lowest BCUT2D eigenvalue weighted by Gasteiger charge is -2.53. The molecule has 0 saturated heterocycles. The first-order valence-corrected chi connectivity index (χ1v) is 6.59. The minimum absolute atomic E-state index is 0.186. The van der Waals surface area contributed by atoms with E-state index in [4.69, 9.17) is 10.5 Å². The molecule has 3 nitrogen and oxygen atoms in total. The molecule has 0 amide bonds. The lowest BCUT2D eigenvalue weighted by molar-refractivity contribution is -0.171. The maximum Gasteiger partial charge on any atom is 0.322 e. The summed E-state index contributed by atoms with van der Waals surface area (Å²) >= 11 is 0. The molecular formula is C13H21NO2. The van der Waals surface area contributed by atoms with Crippen LogP contribution < -0.4 is 5.73 Å². The number of carbonyl (C=O) groups excluding carboxylic acids is 1. The van der Waals surface area contributed by atoms with Crippen molar-refractivity contribution >= 4 is 5.97 Å². The molecule has 0 heterocycles. The minimum atomic E-state index is -0.475. The van der Waals surface area contributed by atoms with Crippen LogP contribution in [-0.2, 0) is 9.53 Å². The average molecular weight is 223 g/mol. The Kier molecular flexibility index (Phi) is 2.46. The number of ether oxygens (including phenoxy) is 1. The molecule has 4 aliphatic rings. The van der Waals surface area contributed by atoms with Crippen LogP contribution in [0.5, 0.6) is 0 Å². The molecule has 1 unspecified atom stereocenters. The third-order valence-corrected chi connectivity index (χ3v) is 4.76. The van der Waals surface area contributed by atoms with Crippen LogP contribution in [0.3, 0.4) is 0 Å². The molecule has 16 heavy (non-hydrogen) atoms. The van der Waals surface area contributed by atoms with Crippen molar-refractivity contribution in [2.75, 3.05) is 0 Å². The van der Waals surface area contributed by atoms with E-state index in [9.17, 15) is 4.79 Å². The molecule has 3 heteroatoms. The van der Waals surface area contributed by atoms with Gasteiger partial charge in [-0.2, -0.15) is 0 Å². The molecule has 0 spiro atoms. The highest BCUT2D eigenvalue weighted by Crippen LogP contribution is 2.54. The van der Waals surface area contributed by atoms with Gasteiger partial charge in [0.05, 0.1) is 0 Å². The fourth-order valence-electron chi connectivity index (χ4n) is 4.31. The van der Waals surface area contributed by atoms with E-state index in [0.717, 1.165) is 11.8 Å². The summed E-state index contributed by atoms with van der Waals surface area (Å²) in [5, 5.41) is 0. The van der Waals surface area contributed by atoms with E-state index in [2.05, 4.69) is 0 Å². The maximum absolute atomic E-state index is 11.6. The van der Waals surface area contributed by atoms with Gasteiger partial charge in [0.25, 0.3) is 0 Å². The zero-order valence-corrected chi connectivity index (χ0v) is 9.89. The second-order valence-corrected chi connectivity index (χ2v) is 6.12. The fraction of sp³-hybridized carbons (Fsp3) is 0.923. The maximum atomic E-state index is 11.6. The Labute approximate surface area is 96.7 Å². The van der Waals surface area contributed by atoms with E-state index < -0.39 is 6.04 Å². The van der Waals surface area contributed by atoms with Crippen molar-refractivity contribution in [1.82, 2.24) is 0 Å². The van der Waals surface area contributed by atoms with Crippen molar-refractivity contribution in [3.8, 4) is 0 Å². The van der Waals surface area contributed by atoms with Crippen LogP contribution in [0.15, 0.2) is 0 Å². The third kappa shape index (κ3) is 1.65. The van der Waals surface area contributed by atoms with Gasteiger partial charge < -0.3 is 10.5 Å². The topological polar surface area (TPSA) is 52.3 Å². The number of esters is 1. The second-order valence-electron chi connectivity index (χ2n) is 6.12. The Morgan fingerprint density at radius 2 is 1.62 bits per heavy atom. The summed E-state index contributed by atoms with van der Waals surface area (Å²) in [6, 6.07) is -0.475. The van der Waals surface area contributed by atoms with E-state index in [0.29, 0.717) is 11.8 Å². The lowest BCUT2D eigenvalue weighted by atomic mass is 9.55. The highest BCUT2D eigenvalue weighted by atomic mass is 16.5. The molecule has 0 aromatic carbocycles. The highest BCUT2D eigenvalue weighted by molar-refractivity contribution is 5.75. The summed E-state index contributed by atoms with van der Waals surface area (Å²) in [5.74, 6) is 2.91. The SMILES string of the molecule is CC(N)C(=O)OC1C2CC3CC(C2)CC1C3. The molecule has 4 aliphatic carbocycles. The molecule has 1 atom stereocenters. The van der Waals surface area contributed by atoms with Gasteiger partial charge in [-0.25, -0.2) is 0 Å². The molecule has 0 radical (unpaired) electrons. The molecule has 0 aromatic rings. The van der Waals surface area contributed by atoms with Gasteiger partial charge in [0, 0.05) is 0 Å². The van der Waals surface area contributed by atoms with Gasteiger partial charge in [0.15, 0.2) is 0 Å². The van der Waals surface area contributed by atoms with Crippen LogP contribution in [-0.4, -0.2) is 18.1 Å². The lowest BCUT2D eigenvalue weighted by Crippen LogP contribution is -2.51. The zero-order valence-electron chi connectivity index (χ0n) is 9.89. The monoisotopic (exact) mass is 223 g/mol. The van der Waals surface area contributed by atoms with Gasteiger partial charge in [0.2, 0.25) is 0 Å². The molecule has 4 rings (SSSR count). The number of hydrogen-bond donors (Lipinski definition) is 1. The first-order valence-electron chi connectivity index (χ1n) is 6.59. The van der Waals surface area contributed by atoms with Crippen molar-refractivity contribution in [1.29, 1.82) is 0 Å². The molecule has 0 aliphatic heterocycles. The molecule has 2 N–H and O–H groups in total. The first kappa shape index (κ1) is 10.6. The smallest absolute Gasteiger partial charge is 0.322 e. The normalized spacial score (nSPS) is 46.8. The minimum Gasteiger partial charge on any atom is -0.461 e. The van der Waals surface area contributed by atoms with E-state index >= 15 is 0 Å². The van der Waals surface area contributed by atoms with Gasteiger partial charge in [0.1, 0.15) is 12.1 Å². The number of nitrogens with two attached hydrogens (primary N) is 1. The molecule has 90 valence electrons.